The van der Waals surface area contributed by atoms with Crippen LogP contribution in [0.1, 0.15) is 40.0 Å². The third-order valence-electron chi connectivity index (χ3n) is 3.20. The third-order valence-corrected chi connectivity index (χ3v) is 5.20. The highest BCUT2D eigenvalue weighted by molar-refractivity contribution is 7.86. The maximum Gasteiger partial charge on any atom is 0.281 e. The molecule has 108 valence electrons. The first-order valence-electron chi connectivity index (χ1n) is 6.59. The molecule has 1 unspecified atom stereocenters. The van der Waals surface area contributed by atoms with Crippen LogP contribution in [0.2, 0.25) is 0 Å². The molecule has 1 saturated heterocycles. The van der Waals surface area contributed by atoms with Gasteiger partial charge in [0.1, 0.15) is 0 Å². The summed E-state index contributed by atoms with van der Waals surface area (Å²) in [6.07, 6.45) is 3.01. The topological polar surface area (TPSA) is 52.7 Å². The van der Waals surface area contributed by atoms with Crippen LogP contribution in [0.4, 0.5) is 0 Å². The average Bonchev–Trinajstić information content (AvgIpc) is 2.25. The molecule has 0 amide bonds. The van der Waals surface area contributed by atoms with E-state index in [1.165, 1.54) is 4.31 Å². The summed E-state index contributed by atoms with van der Waals surface area (Å²) >= 11 is 0. The summed E-state index contributed by atoms with van der Waals surface area (Å²) in [6.45, 7) is 7.65. The van der Waals surface area contributed by atoms with E-state index in [2.05, 4.69) is 26.1 Å². The van der Waals surface area contributed by atoms with Gasteiger partial charge >= 0.3 is 0 Å². The Kier molecular flexibility index (Phi) is 5.17. The fourth-order valence-electron chi connectivity index (χ4n) is 2.12. The largest absolute Gasteiger partial charge is 0.310 e. The van der Waals surface area contributed by atoms with Crippen molar-refractivity contribution in [2.24, 2.45) is 0 Å². The van der Waals surface area contributed by atoms with Gasteiger partial charge in [0, 0.05) is 38.8 Å². The SMILES string of the molecule is CN(C)S(=O)(=O)N1CCCCC1CNC(C)(C)C. The van der Waals surface area contributed by atoms with E-state index < -0.39 is 10.2 Å². The van der Waals surface area contributed by atoms with E-state index >= 15 is 0 Å². The molecule has 0 saturated carbocycles. The first-order valence-corrected chi connectivity index (χ1v) is 7.98. The molecule has 5 nitrogen and oxygen atoms in total. The van der Waals surface area contributed by atoms with E-state index in [0.29, 0.717) is 6.54 Å². The van der Waals surface area contributed by atoms with Crippen LogP contribution >= 0.6 is 0 Å². The van der Waals surface area contributed by atoms with Gasteiger partial charge in [0.05, 0.1) is 0 Å². The monoisotopic (exact) mass is 277 g/mol. The molecule has 1 fully saturated rings. The van der Waals surface area contributed by atoms with Gasteiger partial charge in [0.15, 0.2) is 0 Å². The zero-order valence-corrected chi connectivity index (χ0v) is 13.0. The van der Waals surface area contributed by atoms with Gasteiger partial charge in [-0.2, -0.15) is 17.0 Å². The first kappa shape index (κ1) is 15.9. The highest BCUT2D eigenvalue weighted by Gasteiger charge is 2.33. The second-order valence-corrected chi connectivity index (χ2v) is 8.28. The lowest BCUT2D eigenvalue weighted by Gasteiger charge is -2.37. The van der Waals surface area contributed by atoms with E-state index in [4.69, 9.17) is 0 Å². The van der Waals surface area contributed by atoms with Crippen LogP contribution in [-0.4, -0.2) is 55.8 Å². The van der Waals surface area contributed by atoms with Crippen LogP contribution in [0.25, 0.3) is 0 Å². The second kappa shape index (κ2) is 5.86. The highest BCUT2D eigenvalue weighted by atomic mass is 32.2. The molecule has 1 N–H and O–H groups in total. The first-order chi connectivity index (χ1) is 8.14. The van der Waals surface area contributed by atoms with Crippen molar-refractivity contribution in [3.05, 3.63) is 0 Å². The molecule has 18 heavy (non-hydrogen) atoms. The molecule has 0 bridgehead atoms. The van der Waals surface area contributed by atoms with Gasteiger partial charge in [0.2, 0.25) is 0 Å². The van der Waals surface area contributed by atoms with E-state index in [-0.39, 0.29) is 11.6 Å². The van der Waals surface area contributed by atoms with Gasteiger partial charge in [0.25, 0.3) is 10.2 Å². The summed E-state index contributed by atoms with van der Waals surface area (Å²) < 4.78 is 27.4. The van der Waals surface area contributed by atoms with Crippen LogP contribution in [0.15, 0.2) is 0 Å². The fourth-order valence-corrected chi connectivity index (χ4v) is 3.45. The van der Waals surface area contributed by atoms with Gasteiger partial charge in [-0.05, 0) is 33.6 Å². The molecule has 0 aromatic heterocycles. The van der Waals surface area contributed by atoms with Gasteiger partial charge in [-0.15, -0.1) is 0 Å². The Hall–Kier alpha value is -0.170. The molecule has 0 aromatic carbocycles. The Morgan fingerprint density at radius 3 is 2.39 bits per heavy atom. The highest BCUT2D eigenvalue weighted by Crippen LogP contribution is 2.21. The fraction of sp³-hybridized carbons (Fsp3) is 1.00. The maximum absolute atomic E-state index is 12.2. The molecular formula is C12H27N3O2S. The molecule has 1 rings (SSSR count). The minimum atomic E-state index is -3.29. The lowest BCUT2D eigenvalue weighted by molar-refractivity contribution is 0.221. The van der Waals surface area contributed by atoms with E-state index in [0.717, 1.165) is 25.8 Å². The van der Waals surface area contributed by atoms with Crippen LogP contribution in [0.3, 0.4) is 0 Å². The number of hydrogen-bond acceptors (Lipinski definition) is 3. The lowest BCUT2D eigenvalue weighted by atomic mass is 10.0. The summed E-state index contributed by atoms with van der Waals surface area (Å²) in [5.74, 6) is 0. The van der Waals surface area contributed by atoms with Gasteiger partial charge in [-0.3, -0.25) is 0 Å². The number of nitrogens with zero attached hydrogens (tertiary/aromatic N) is 2. The van der Waals surface area contributed by atoms with Crippen LogP contribution in [-0.2, 0) is 10.2 Å². The maximum atomic E-state index is 12.2. The third kappa shape index (κ3) is 4.19. The van der Waals surface area contributed by atoms with Crippen molar-refractivity contribution in [3.8, 4) is 0 Å². The summed E-state index contributed by atoms with van der Waals surface area (Å²) in [5, 5.41) is 3.41. The zero-order valence-electron chi connectivity index (χ0n) is 12.2. The van der Waals surface area contributed by atoms with Crippen LogP contribution in [0.5, 0.6) is 0 Å². The molecule has 0 aromatic rings. The number of hydrogen-bond donors (Lipinski definition) is 1. The number of nitrogens with one attached hydrogen (secondary N) is 1. The van der Waals surface area contributed by atoms with Crippen molar-refractivity contribution in [1.82, 2.24) is 13.9 Å². The predicted molar refractivity (Wildman–Crippen MR) is 74.7 cm³/mol. The summed E-state index contributed by atoms with van der Waals surface area (Å²) in [6, 6.07) is 0.0744. The van der Waals surface area contributed by atoms with Crippen molar-refractivity contribution >= 4 is 10.2 Å². The summed E-state index contributed by atoms with van der Waals surface area (Å²) in [7, 11) is -0.0993. The quantitative estimate of drug-likeness (QED) is 0.835. The minimum Gasteiger partial charge on any atom is -0.310 e. The smallest absolute Gasteiger partial charge is 0.281 e. The van der Waals surface area contributed by atoms with Crippen LogP contribution < -0.4 is 5.32 Å². The Labute approximate surface area is 112 Å². The van der Waals surface area contributed by atoms with E-state index in [1.54, 1.807) is 18.4 Å². The van der Waals surface area contributed by atoms with Gasteiger partial charge in [-0.25, -0.2) is 0 Å². The van der Waals surface area contributed by atoms with Crippen molar-refractivity contribution in [2.75, 3.05) is 27.2 Å². The predicted octanol–water partition coefficient (Wildman–Crippen LogP) is 1.04. The van der Waals surface area contributed by atoms with Crippen molar-refractivity contribution < 1.29 is 8.42 Å². The summed E-state index contributed by atoms with van der Waals surface area (Å²) in [5.41, 5.74) is 0.0188. The van der Waals surface area contributed by atoms with E-state index in [9.17, 15) is 8.42 Å². The molecule has 0 aliphatic carbocycles. The zero-order chi connectivity index (χ0) is 14.0. The normalized spacial score (nSPS) is 23.6. The number of rotatable bonds is 4. The Morgan fingerprint density at radius 2 is 1.89 bits per heavy atom. The molecular weight excluding hydrogens is 250 g/mol. The molecule has 0 spiro atoms. The molecule has 1 aliphatic heterocycles. The summed E-state index contributed by atoms with van der Waals surface area (Å²) in [4.78, 5) is 0. The van der Waals surface area contributed by atoms with Gasteiger partial charge in [-0.1, -0.05) is 6.42 Å². The van der Waals surface area contributed by atoms with Gasteiger partial charge < -0.3 is 5.32 Å². The lowest BCUT2D eigenvalue weighted by Crippen LogP contribution is -2.54. The van der Waals surface area contributed by atoms with Crippen LogP contribution in [0, 0.1) is 0 Å². The average molecular weight is 277 g/mol. The second-order valence-electron chi connectivity index (χ2n) is 6.18. The Morgan fingerprint density at radius 1 is 1.28 bits per heavy atom. The molecule has 0 radical (unpaired) electrons. The standard InChI is InChI=1S/C12H27N3O2S/c1-12(2,3)13-10-11-8-6-7-9-15(11)18(16,17)14(4)5/h11,13H,6-10H2,1-5H3. The van der Waals surface area contributed by atoms with Crippen molar-refractivity contribution in [2.45, 2.75) is 51.6 Å². The van der Waals surface area contributed by atoms with Crippen molar-refractivity contribution in [1.29, 1.82) is 0 Å². The molecule has 1 atom stereocenters. The van der Waals surface area contributed by atoms with E-state index in [1.807, 2.05) is 0 Å². The Bertz CT molecular complexity index is 360. The number of piperidine rings is 1. The molecule has 6 heteroatoms. The Balaban J connectivity index is 2.75. The molecule has 1 aliphatic rings. The minimum absolute atomic E-state index is 0.0188. The molecule has 1 heterocycles. The van der Waals surface area contributed by atoms with Crippen molar-refractivity contribution in [3.63, 3.8) is 0 Å².